The molecular weight excluding hydrogens is 370 g/mol. The number of hydrogen-bond donors (Lipinski definition) is 1. The number of carbonyl (C=O) groups is 2. The number of benzene rings is 1. The van der Waals surface area contributed by atoms with Crippen molar-refractivity contribution in [3.63, 3.8) is 0 Å². The molecule has 4 rings (SSSR count). The van der Waals surface area contributed by atoms with Crippen LogP contribution in [0.5, 0.6) is 0 Å². The van der Waals surface area contributed by atoms with Crippen LogP contribution >= 0.6 is 0 Å². The second-order valence-electron chi connectivity index (χ2n) is 8.58. The van der Waals surface area contributed by atoms with Crippen LogP contribution < -0.4 is 10.9 Å². The van der Waals surface area contributed by atoms with Crippen molar-refractivity contribution in [3.8, 4) is 11.3 Å². The zero-order valence-electron chi connectivity index (χ0n) is 16.9. The molecule has 0 spiro atoms. The van der Waals surface area contributed by atoms with Crippen LogP contribution in [-0.4, -0.2) is 33.8 Å². The Bertz CT molecular complexity index is 1030. The first-order chi connectivity index (χ1) is 13.7. The molecule has 1 aliphatic carbocycles. The minimum absolute atomic E-state index is 0.218. The van der Waals surface area contributed by atoms with Gasteiger partial charge in [0.05, 0.1) is 17.7 Å². The van der Waals surface area contributed by atoms with Gasteiger partial charge in [-0.1, -0.05) is 44.2 Å². The van der Waals surface area contributed by atoms with Crippen molar-refractivity contribution in [2.24, 2.45) is 10.8 Å². The van der Waals surface area contributed by atoms with Crippen LogP contribution in [0, 0.1) is 10.8 Å². The van der Waals surface area contributed by atoms with Crippen molar-refractivity contribution in [2.75, 3.05) is 6.54 Å². The van der Waals surface area contributed by atoms with Crippen molar-refractivity contribution in [2.45, 2.75) is 45.8 Å². The van der Waals surface area contributed by atoms with Crippen LogP contribution in [0.3, 0.4) is 0 Å². The summed E-state index contributed by atoms with van der Waals surface area (Å²) in [5.74, 6) is -0.610. The molecule has 1 saturated carbocycles. The molecule has 0 unspecified atom stereocenters. The highest BCUT2D eigenvalue weighted by atomic mass is 16.6. The molecule has 2 aromatic rings. The lowest BCUT2D eigenvalue weighted by Crippen LogP contribution is -2.54. The fourth-order valence-electron chi connectivity index (χ4n) is 4.54. The number of esters is 1. The van der Waals surface area contributed by atoms with E-state index in [0.717, 1.165) is 5.56 Å². The van der Waals surface area contributed by atoms with E-state index >= 15 is 0 Å². The number of carbonyl (C=O) groups excluding carboxylic acids is 2. The average molecular weight is 395 g/mol. The fourth-order valence-corrected chi connectivity index (χ4v) is 4.54. The minimum Gasteiger partial charge on any atom is -0.448 e. The third-order valence-electron chi connectivity index (χ3n) is 7.00. The van der Waals surface area contributed by atoms with Gasteiger partial charge in [-0.3, -0.25) is 14.4 Å². The molecule has 1 aromatic heterocycles. The van der Waals surface area contributed by atoms with Crippen molar-refractivity contribution in [1.82, 2.24) is 15.1 Å². The predicted molar refractivity (Wildman–Crippen MR) is 107 cm³/mol. The van der Waals surface area contributed by atoms with Gasteiger partial charge in [0.1, 0.15) is 0 Å². The molecule has 7 heteroatoms. The maximum atomic E-state index is 13.0. The molecular formula is C22H25N3O4. The summed E-state index contributed by atoms with van der Waals surface area (Å²) in [6.45, 7) is 6.15. The van der Waals surface area contributed by atoms with E-state index in [0.29, 0.717) is 18.5 Å². The topological polar surface area (TPSA) is 90.3 Å². The lowest BCUT2D eigenvalue weighted by atomic mass is 9.66. The van der Waals surface area contributed by atoms with Crippen molar-refractivity contribution in [3.05, 3.63) is 52.8 Å². The van der Waals surface area contributed by atoms with Gasteiger partial charge in [-0.15, -0.1) is 0 Å². The lowest BCUT2D eigenvalue weighted by molar-refractivity contribution is -0.168. The summed E-state index contributed by atoms with van der Waals surface area (Å²) >= 11 is 0. The molecule has 0 radical (unpaired) electrons. The molecule has 1 aromatic carbocycles. The van der Waals surface area contributed by atoms with E-state index in [1.807, 2.05) is 51.1 Å². The first kappa shape index (κ1) is 19.4. The van der Waals surface area contributed by atoms with Gasteiger partial charge in [0.25, 0.3) is 11.5 Å². The minimum atomic E-state index is -1.15. The van der Waals surface area contributed by atoms with Crippen molar-refractivity contribution >= 4 is 11.9 Å². The molecule has 2 aliphatic rings. The molecule has 7 nitrogen and oxygen atoms in total. The Labute approximate surface area is 169 Å². The highest BCUT2D eigenvalue weighted by Crippen LogP contribution is 2.65. The second kappa shape index (κ2) is 6.54. The van der Waals surface area contributed by atoms with Gasteiger partial charge < -0.3 is 10.1 Å². The highest BCUT2D eigenvalue weighted by molar-refractivity contribution is 5.96. The summed E-state index contributed by atoms with van der Waals surface area (Å²) < 4.78 is 6.93. The summed E-state index contributed by atoms with van der Waals surface area (Å²) in [7, 11) is 0. The van der Waals surface area contributed by atoms with E-state index in [9.17, 15) is 14.4 Å². The van der Waals surface area contributed by atoms with Gasteiger partial charge >= 0.3 is 5.97 Å². The molecule has 2 heterocycles. The first-order valence-corrected chi connectivity index (χ1v) is 9.87. The third-order valence-corrected chi connectivity index (χ3v) is 7.00. The summed E-state index contributed by atoms with van der Waals surface area (Å²) in [5.41, 5.74) is -1.03. The van der Waals surface area contributed by atoms with Gasteiger partial charge in [0, 0.05) is 23.6 Å². The number of hydrogen-bond acceptors (Lipinski definition) is 5. The van der Waals surface area contributed by atoms with E-state index in [2.05, 4.69) is 10.4 Å². The molecule has 1 N–H and O–H groups in total. The number of nitrogens with one attached hydrogen (secondary N) is 1. The molecule has 1 aliphatic heterocycles. The molecule has 29 heavy (non-hydrogen) atoms. The molecule has 2 fully saturated rings. The second-order valence-corrected chi connectivity index (χ2v) is 8.58. The normalized spacial score (nSPS) is 26.9. The summed E-state index contributed by atoms with van der Waals surface area (Å²) in [4.78, 5) is 37.5. The van der Waals surface area contributed by atoms with Crippen molar-refractivity contribution < 1.29 is 14.3 Å². The number of fused-ring (bicyclic) bond motifs is 2. The molecule has 2 atom stereocenters. The maximum Gasteiger partial charge on any atom is 0.313 e. The zero-order chi connectivity index (χ0) is 20.9. The van der Waals surface area contributed by atoms with Gasteiger partial charge in [0.15, 0.2) is 5.60 Å². The Morgan fingerprint density at radius 3 is 2.45 bits per heavy atom. The van der Waals surface area contributed by atoms with Gasteiger partial charge in [0.2, 0.25) is 0 Å². The number of amides is 1. The predicted octanol–water partition coefficient (Wildman–Crippen LogP) is 2.15. The SMILES string of the molecule is CC1(C)[C@@]2(C)CC[C@]1(C(=O)NCCn1nc(-c3ccccc3)ccc1=O)OC2=O. The fraction of sp³-hybridized carbons (Fsp3) is 0.455. The van der Waals surface area contributed by atoms with Crippen LogP contribution in [0.2, 0.25) is 0 Å². The number of nitrogens with zero attached hydrogens (tertiary/aromatic N) is 2. The first-order valence-electron chi connectivity index (χ1n) is 9.87. The average Bonchev–Trinajstić information content (AvgIpc) is 3.00. The quantitative estimate of drug-likeness (QED) is 0.784. The largest absolute Gasteiger partial charge is 0.448 e. The van der Waals surface area contributed by atoms with Gasteiger partial charge in [-0.2, -0.15) is 5.10 Å². The number of aromatic nitrogens is 2. The molecule has 2 bridgehead atoms. The van der Waals surface area contributed by atoms with Gasteiger partial charge in [-0.05, 0) is 25.8 Å². The van der Waals surface area contributed by atoms with E-state index in [-0.39, 0.29) is 30.5 Å². The van der Waals surface area contributed by atoms with Crippen LogP contribution in [0.4, 0.5) is 0 Å². The molecule has 1 amide bonds. The van der Waals surface area contributed by atoms with Crippen LogP contribution in [-0.2, 0) is 20.9 Å². The summed E-state index contributed by atoms with van der Waals surface area (Å²) in [6, 6.07) is 12.7. The van der Waals surface area contributed by atoms with E-state index in [1.54, 1.807) is 6.07 Å². The Hall–Kier alpha value is -2.96. The van der Waals surface area contributed by atoms with E-state index < -0.39 is 16.4 Å². The Morgan fingerprint density at radius 1 is 1.10 bits per heavy atom. The maximum absolute atomic E-state index is 13.0. The smallest absolute Gasteiger partial charge is 0.313 e. The van der Waals surface area contributed by atoms with E-state index in [4.69, 9.17) is 4.74 Å². The van der Waals surface area contributed by atoms with Crippen molar-refractivity contribution in [1.29, 1.82) is 0 Å². The van der Waals surface area contributed by atoms with Gasteiger partial charge in [-0.25, -0.2) is 4.68 Å². The van der Waals surface area contributed by atoms with Crippen LogP contribution in [0.1, 0.15) is 33.6 Å². The Morgan fingerprint density at radius 2 is 1.83 bits per heavy atom. The number of ether oxygens (including phenoxy) is 1. The van der Waals surface area contributed by atoms with Crippen LogP contribution in [0.25, 0.3) is 11.3 Å². The summed E-state index contributed by atoms with van der Waals surface area (Å²) in [5, 5.41) is 7.26. The number of rotatable bonds is 5. The monoisotopic (exact) mass is 395 g/mol. The standard InChI is InChI=1S/C22H25N3O4/c1-20(2)21(3)11-12-22(20,29-19(21)28)18(27)23-13-14-25-17(26)10-9-16(24-25)15-7-5-4-6-8-15/h4-10H,11-14H2,1-3H3,(H,23,27)/t21-,22+/m0/s1. The lowest BCUT2D eigenvalue weighted by Gasteiger charge is -2.35. The summed E-state index contributed by atoms with van der Waals surface area (Å²) in [6.07, 6.45) is 1.14. The zero-order valence-corrected chi connectivity index (χ0v) is 16.9. The molecule has 1 saturated heterocycles. The third kappa shape index (κ3) is 2.71. The highest BCUT2D eigenvalue weighted by Gasteiger charge is 2.75. The Balaban J connectivity index is 1.47. The van der Waals surface area contributed by atoms with Crippen LogP contribution in [0.15, 0.2) is 47.3 Å². The van der Waals surface area contributed by atoms with E-state index in [1.165, 1.54) is 10.7 Å². The Kier molecular flexibility index (Phi) is 4.37. The molecule has 152 valence electrons.